The molecule has 0 atom stereocenters. The van der Waals surface area contributed by atoms with Crippen molar-refractivity contribution in [3.8, 4) is 17.2 Å². The summed E-state index contributed by atoms with van der Waals surface area (Å²) in [4.78, 5) is 0.624. The highest BCUT2D eigenvalue weighted by Gasteiger charge is 2.14. The Balaban J connectivity index is 2.08. The number of hydrogen-bond acceptors (Lipinski definition) is 4. The third-order valence-corrected chi connectivity index (χ3v) is 3.86. The molecule has 0 unspecified atom stereocenters. The van der Waals surface area contributed by atoms with E-state index in [0.29, 0.717) is 22.2 Å². The van der Waals surface area contributed by atoms with Crippen LogP contribution in [0, 0.1) is 0 Å². The maximum atomic E-state index is 5.49. The maximum absolute atomic E-state index is 5.49. The smallest absolute Gasteiger partial charge is 0.164 e. The zero-order valence-electron chi connectivity index (χ0n) is 13.6. The van der Waals surface area contributed by atoms with Gasteiger partial charge in [0.05, 0.1) is 26.9 Å². The van der Waals surface area contributed by atoms with Gasteiger partial charge in [-0.1, -0.05) is 42.5 Å². The molecule has 1 N–H and O–H groups in total. The SMILES string of the molecule is COc1cc(OC)c(C(=S)NCCc2ccccc2)cc1OC. The highest BCUT2D eigenvalue weighted by atomic mass is 32.1. The van der Waals surface area contributed by atoms with E-state index in [0.717, 1.165) is 18.5 Å². The van der Waals surface area contributed by atoms with Crippen LogP contribution in [0.25, 0.3) is 0 Å². The topological polar surface area (TPSA) is 39.7 Å². The standard InChI is InChI=1S/C18H21NO3S/c1-20-15-12-17(22-3)16(21-2)11-14(15)18(23)19-10-9-13-7-5-4-6-8-13/h4-8,11-12H,9-10H2,1-3H3,(H,19,23). The van der Waals surface area contributed by atoms with Crippen LogP contribution >= 0.6 is 12.2 Å². The summed E-state index contributed by atoms with van der Waals surface area (Å²) in [6, 6.07) is 13.9. The fourth-order valence-corrected chi connectivity index (χ4v) is 2.53. The molecule has 0 spiro atoms. The van der Waals surface area contributed by atoms with Crippen LogP contribution in [-0.2, 0) is 6.42 Å². The van der Waals surface area contributed by atoms with Crippen LogP contribution in [0.4, 0.5) is 0 Å². The molecule has 4 nitrogen and oxygen atoms in total. The normalized spacial score (nSPS) is 10.0. The third-order valence-electron chi connectivity index (χ3n) is 3.49. The van der Waals surface area contributed by atoms with Crippen molar-refractivity contribution < 1.29 is 14.2 Å². The van der Waals surface area contributed by atoms with Gasteiger partial charge in [0, 0.05) is 12.6 Å². The molecule has 0 saturated heterocycles. The lowest BCUT2D eigenvalue weighted by Crippen LogP contribution is -2.25. The molecule has 122 valence electrons. The fourth-order valence-electron chi connectivity index (χ4n) is 2.27. The van der Waals surface area contributed by atoms with Gasteiger partial charge in [0.2, 0.25) is 0 Å². The minimum Gasteiger partial charge on any atom is -0.496 e. The summed E-state index contributed by atoms with van der Waals surface area (Å²) in [6.45, 7) is 0.750. The Kier molecular flexibility index (Phi) is 6.23. The quantitative estimate of drug-likeness (QED) is 0.789. The molecule has 0 aliphatic rings. The summed E-state index contributed by atoms with van der Waals surface area (Å²) >= 11 is 5.49. The van der Waals surface area contributed by atoms with Gasteiger partial charge >= 0.3 is 0 Å². The Labute approximate surface area is 142 Å². The number of methoxy groups -OCH3 is 3. The van der Waals surface area contributed by atoms with E-state index < -0.39 is 0 Å². The van der Waals surface area contributed by atoms with E-state index in [4.69, 9.17) is 26.4 Å². The van der Waals surface area contributed by atoms with Gasteiger partial charge in [-0.05, 0) is 18.1 Å². The molecular weight excluding hydrogens is 310 g/mol. The first-order valence-electron chi connectivity index (χ1n) is 7.31. The van der Waals surface area contributed by atoms with E-state index in [2.05, 4.69) is 17.4 Å². The highest BCUT2D eigenvalue weighted by Crippen LogP contribution is 2.34. The summed E-state index contributed by atoms with van der Waals surface area (Å²) in [7, 11) is 4.80. The van der Waals surface area contributed by atoms with Gasteiger partial charge in [0.1, 0.15) is 10.7 Å². The second-order valence-electron chi connectivity index (χ2n) is 4.90. The van der Waals surface area contributed by atoms with Crippen molar-refractivity contribution in [2.75, 3.05) is 27.9 Å². The van der Waals surface area contributed by atoms with E-state index in [-0.39, 0.29) is 0 Å². The third kappa shape index (κ3) is 4.36. The van der Waals surface area contributed by atoms with Gasteiger partial charge in [-0.25, -0.2) is 0 Å². The Morgan fingerprint density at radius 1 is 0.913 bits per heavy atom. The molecule has 0 aromatic heterocycles. The van der Waals surface area contributed by atoms with Crippen LogP contribution in [-0.4, -0.2) is 32.9 Å². The summed E-state index contributed by atoms with van der Waals surface area (Å²) < 4.78 is 16.0. The second-order valence-corrected chi connectivity index (χ2v) is 5.31. The van der Waals surface area contributed by atoms with Crippen molar-refractivity contribution >= 4 is 17.2 Å². The summed E-state index contributed by atoms with van der Waals surface area (Å²) in [5, 5.41) is 3.27. The van der Waals surface area contributed by atoms with Gasteiger partial charge in [-0.15, -0.1) is 0 Å². The number of hydrogen-bond donors (Lipinski definition) is 1. The van der Waals surface area contributed by atoms with Crippen LogP contribution in [0.5, 0.6) is 17.2 Å². The summed E-state index contributed by atoms with van der Waals surface area (Å²) in [5.74, 6) is 1.88. The van der Waals surface area contributed by atoms with Crippen molar-refractivity contribution in [2.24, 2.45) is 0 Å². The minimum atomic E-state index is 0.611. The summed E-state index contributed by atoms with van der Waals surface area (Å²) in [6.07, 6.45) is 0.899. The molecule has 0 amide bonds. The van der Waals surface area contributed by atoms with Crippen LogP contribution < -0.4 is 19.5 Å². The molecule has 0 bridgehead atoms. The molecule has 2 aromatic rings. The molecule has 5 heteroatoms. The first-order chi connectivity index (χ1) is 11.2. The van der Waals surface area contributed by atoms with Crippen molar-refractivity contribution in [3.05, 3.63) is 53.6 Å². The highest BCUT2D eigenvalue weighted by molar-refractivity contribution is 7.80. The van der Waals surface area contributed by atoms with E-state index >= 15 is 0 Å². The predicted octanol–water partition coefficient (Wildman–Crippen LogP) is 3.22. The molecule has 0 saturated carbocycles. The number of ether oxygens (including phenoxy) is 3. The number of benzene rings is 2. The van der Waals surface area contributed by atoms with Crippen LogP contribution in [0.2, 0.25) is 0 Å². The van der Waals surface area contributed by atoms with E-state index in [9.17, 15) is 0 Å². The van der Waals surface area contributed by atoms with E-state index in [1.165, 1.54) is 5.56 Å². The molecule has 0 heterocycles. The first-order valence-corrected chi connectivity index (χ1v) is 7.72. The van der Waals surface area contributed by atoms with Crippen molar-refractivity contribution in [1.29, 1.82) is 0 Å². The average Bonchev–Trinajstić information content (AvgIpc) is 2.61. The van der Waals surface area contributed by atoms with E-state index in [1.54, 1.807) is 27.4 Å². The van der Waals surface area contributed by atoms with Crippen molar-refractivity contribution in [3.63, 3.8) is 0 Å². The van der Waals surface area contributed by atoms with Crippen LogP contribution in [0.3, 0.4) is 0 Å². The molecule has 0 fully saturated rings. The molecule has 23 heavy (non-hydrogen) atoms. The number of rotatable bonds is 7. The van der Waals surface area contributed by atoms with Gasteiger partial charge in [-0.3, -0.25) is 0 Å². The lowest BCUT2D eigenvalue weighted by Gasteiger charge is -2.15. The van der Waals surface area contributed by atoms with Crippen molar-refractivity contribution in [2.45, 2.75) is 6.42 Å². The first kappa shape index (κ1) is 17.1. The monoisotopic (exact) mass is 331 g/mol. The largest absolute Gasteiger partial charge is 0.496 e. The lowest BCUT2D eigenvalue weighted by atomic mass is 10.1. The number of thiocarbonyl (C=S) groups is 1. The maximum Gasteiger partial charge on any atom is 0.164 e. The molecule has 2 rings (SSSR count). The Morgan fingerprint density at radius 3 is 2.13 bits per heavy atom. The molecule has 0 aliphatic carbocycles. The van der Waals surface area contributed by atoms with Crippen LogP contribution in [0.1, 0.15) is 11.1 Å². The second kappa shape index (κ2) is 8.39. The van der Waals surface area contributed by atoms with Crippen LogP contribution in [0.15, 0.2) is 42.5 Å². The van der Waals surface area contributed by atoms with Gasteiger partial charge in [-0.2, -0.15) is 0 Å². The molecule has 2 aromatic carbocycles. The number of nitrogens with one attached hydrogen (secondary N) is 1. The Hall–Kier alpha value is -2.27. The lowest BCUT2D eigenvalue weighted by molar-refractivity contribution is 0.348. The van der Waals surface area contributed by atoms with E-state index in [1.807, 2.05) is 24.3 Å². The van der Waals surface area contributed by atoms with Gasteiger partial charge < -0.3 is 19.5 Å². The van der Waals surface area contributed by atoms with Gasteiger partial charge in [0.25, 0.3) is 0 Å². The zero-order chi connectivity index (χ0) is 16.7. The zero-order valence-corrected chi connectivity index (χ0v) is 14.4. The van der Waals surface area contributed by atoms with Crippen molar-refractivity contribution in [1.82, 2.24) is 5.32 Å². The molecule has 0 aliphatic heterocycles. The fraction of sp³-hybridized carbons (Fsp3) is 0.278. The predicted molar refractivity (Wildman–Crippen MR) is 95.9 cm³/mol. The summed E-state index contributed by atoms with van der Waals surface area (Å²) in [5.41, 5.74) is 2.05. The molecular formula is C18H21NO3S. The average molecular weight is 331 g/mol. The van der Waals surface area contributed by atoms with Gasteiger partial charge in [0.15, 0.2) is 11.5 Å². The Bertz CT molecular complexity index is 659. The molecule has 0 radical (unpaired) electrons. The minimum absolute atomic E-state index is 0.611. The Morgan fingerprint density at radius 2 is 1.52 bits per heavy atom.